The van der Waals surface area contributed by atoms with Gasteiger partial charge in [-0.05, 0) is 6.42 Å². The standard InChI is InChI=1S/C12H19N3O2/c1-15-7-13-10-4-9(5-16)14-11(12(10)15)8-2-3-17-6-8/h7-9,11,14,16H,2-6H2,1H3. The van der Waals surface area contributed by atoms with Crippen molar-refractivity contribution in [3.8, 4) is 0 Å². The molecule has 3 unspecified atom stereocenters. The monoisotopic (exact) mass is 237 g/mol. The minimum Gasteiger partial charge on any atom is -0.395 e. The van der Waals surface area contributed by atoms with Gasteiger partial charge in [-0.1, -0.05) is 0 Å². The zero-order chi connectivity index (χ0) is 11.8. The lowest BCUT2D eigenvalue weighted by molar-refractivity contribution is 0.160. The Hall–Kier alpha value is -0.910. The van der Waals surface area contributed by atoms with Crippen LogP contribution in [0.2, 0.25) is 0 Å². The lowest BCUT2D eigenvalue weighted by Gasteiger charge is -2.33. The van der Waals surface area contributed by atoms with E-state index in [0.29, 0.717) is 5.92 Å². The number of nitrogens with zero attached hydrogens (tertiary/aromatic N) is 2. The van der Waals surface area contributed by atoms with Crippen LogP contribution in [0.4, 0.5) is 0 Å². The number of aliphatic hydroxyl groups excluding tert-OH is 1. The third kappa shape index (κ3) is 1.88. The first-order chi connectivity index (χ1) is 8.29. The number of ether oxygens (including phenoxy) is 1. The first-order valence-electron chi connectivity index (χ1n) is 6.24. The van der Waals surface area contributed by atoms with Crippen LogP contribution < -0.4 is 5.32 Å². The van der Waals surface area contributed by atoms with E-state index < -0.39 is 0 Å². The number of nitrogens with one attached hydrogen (secondary N) is 1. The predicted molar refractivity (Wildman–Crippen MR) is 62.6 cm³/mol. The maximum Gasteiger partial charge on any atom is 0.0949 e. The maximum atomic E-state index is 9.36. The Kier molecular flexibility index (Phi) is 2.90. The summed E-state index contributed by atoms with van der Waals surface area (Å²) in [7, 11) is 2.04. The van der Waals surface area contributed by atoms with Crippen LogP contribution in [-0.2, 0) is 18.2 Å². The number of fused-ring (bicyclic) bond motifs is 1. The Morgan fingerprint density at radius 3 is 3.24 bits per heavy atom. The van der Waals surface area contributed by atoms with E-state index in [-0.39, 0.29) is 18.7 Å². The van der Waals surface area contributed by atoms with Crippen molar-refractivity contribution in [1.29, 1.82) is 0 Å². The number of hydrogen-bond acceptors (Lipinski definition) is 4. The lowest BCUT2D eigenvalue weighted by atomic mass is 9.89. The van der Waals surface area contributed by atoms with Crippen molar-refractivity contribution in [2.24, 2.45) is 13.0 Å². The minimum atomic E-state index is 0.128. The highest BCUT2D eigenvalue weighted by Gasteiger charge is 2.36. The predicted octanol–water partition coefficient (Wildman–Crippen LogP) is 0.00430. The van der Waals surface area contributed by atoms with Gasteiger partial charge in [-0.2, -0.15) is 0 Å². The zero-order valence-corrected chi connectivity index (χ0v) is 10.1. The van der Waals surface area contributed by atoms with Crippen LogP contribution in [0.1, 0.15) is 23.9 Å². The van der Waals surface area contributed by atoms with Crippen LogP contribution >= 0.6 is 0 Å². The van der Waals surface area contributed by atoms with Crippen LogP contribution in [0.5, 0.6) is 0 Å². The fourth-order valence-electron chi connectivity index (χ4n) is 2.96. The summed E-state index contributed by atoms with van der Waals surface area (Å²) in [5.74, 6) is 0.499. The number of aromatic nitrogens is 2. The van der Waals surface area contributed by atoms with E-state index in [1.165, 1.54) is 5.69 Å². The SMILES string of the molecule is Cn1cnc2c1C(C1CCOC1)NC(CO)C2. The van der Waals surface area contributed by atoms with E-state index >= 15 is 0 Å². The molecule has 5 nitrogen and oxygen atoms in total. The molecule has 0 bridgehead atoms. The number of aryl methyl sites for hydroxylation is 1. The van der Waals surface area contributed by atoms with Gasteiger partial charge < -0.3 is 19.7 Å². The van der Waals surface area contributed by atoms with Gasteiger partial charge in [0.1, 0.15) is 0 Å². The highest BCUT2D eigenvalue weighted by atomic mass is 16.5. The van der Waals surface area contributed by atoms with Gasteiger partial charge in [0.2, 0.25) is 0 Å². The van der Waals surface area contributed by atoms with Crippen molar-refractivity contribution >= 4 is 0 Å². The molecule has 0 amide bonds. The molecular weight excluding hydrogens is 218 g/mol. The highest BCUT2D eigenvalue weighted by Crippen LogP contribution is 2.33. The van der Waals surface area contributed by atoms with Crippen LogP contribution in [0.25, 0.3) is 0 Å². The molecule has 0 aliphatic carbocycles. The zero-order valence-electron chi connectivity index (χ0n) is 10.1. The Bertz CT molecular complexity index is 398. The Balaban J connectivity index is 1.93. The summed E-state index contributed by atoms with van der Waals surface area (Å²) in [6.07, 6.45) is 3.77. The molecular formula is C12H19N3O2. The molecule has 3 atom stereocenters. The van der Waals surface area contributed by atoms with Gasteiger partial charge in [0.25, 0.3) is 0 Å². The van der Waals surface area contributed by atoms with Gasteiger partial charge in [0.05, 0.1) is 37.0 Å². The summed E-state index contributed by atoms with van der Waals surface area (Å²) in [4.78, 5) is 4.45. The molecule has 2 aliphatic rings. The molecule has 5 heteroatoms. The van der Waals surface area contributed by atoms with Crippen LogP contribution in [-0.4, -0.2) is 40.5 Å². The normalized spacial score (nSPS) is 32.7. The molecule has 3 heterocycles. The van der Waals surface area contributed by atoms with Crippen molar-refractivity contribution in [1.82, 2.24) is 14.9 Å². The number of rotatable bonds is 2. The van der Waals surface area contributed by atoms with Crippen LogP contribution in [0, 0.1) is 5.92 Å². The van der Waals surface area contributed by atoms with Crippen molar-refractivity contribution < 1.29 is 9.84 Å². The van der Waals surface area contributed by atoms with E-state index in [9.17, 15) is 5.11 Å². The van der Waals surface area contributed by atoms with Crippen molar-refractivity contribution in [2.45, 2.75) is 24.9 Å². The molecule has 1 saturated heterocycles. The second-order valence-corrected chi connectivity index (χ2v) is 5.04. The molecule has 94 valence electrons. The van der Waals surface area contributed by atoms with Gasteiger partial charge in [-0.25, -0.2) is 4.98 Å². The summed E-state index contributed by atoms with van der Waals surface area (Å²) in [5, 5.41) is 12.9. The first kappa shape index (κ1) is 11.2. The Morgan fingerprint density at radius 1 is 1.65 bits per heavy atom. The summed E-state index contributed by atoms with van der Waals surface area (Å²) in [5.41, 5.74) is 2.40. The van der Waals surface area contributed by atoms with Crippen molar-refractivity contribution in [3.05, 3.63) is 17.7 Å². The average molecular weight is 237 g/mol. The van der Waals surface area contributed by atoms with E-state index in [1.807, 2.05) is 13.4 Å². The molecule has 17 heavy (non-hydrogen) atoms. The molecule has 0 saturated carbocycles. The third-order valence-electron chi connectivity index (χ3n) is 3.87. The van der Waals surface area contributed by atoms with Crippen molar-refractivity contribution in [3.63, 3.8) is 0 Å². The first-order valence-corrected chi connectivity index (χ1v) is 6.24. The fourth-order valence-corrected chi connectivity index (χ4v) is 2.96. The average Bonchev–Trinajstić information content (AvgIpc) is 2.98. The molecule has 1 aromatic heterocycles. The minimum absolute atomic E-state index is 0.128. The number of imidazole rings is 1. The van der Waals surface area contributed by atoms with Crippen molar-refractivity contribution in [2.75, 3.05) is 19.8 Å². The lowest BCUT2D eigenvalue weighted by Crippen LogP contribution is -2.45. The maximum absolute atomic E-state index is 9.36. The molecule has 2 aliphatic heterocycles. The summed E-state index contributed by atoms with van der Waals surface area (Å²) in [6.45, 7) is 1.82. The van der Waals surface area contributed by atoms with Gasteiger partial charge in [0.15, 0.2) is 0 Å². The van der Waals surface area contributed by atoms with Gasteiger partial charge >= 0.3 is 0 Å². The van der Waals surface area contributed by atoms with Gasteiger partial charge in [-0.3, -0.25) is 0 Å². The van der Waals surface area contributed by atoms with E-state index in [4.69, 9.17) is 4.74 Å². The second-order valence-electron chi connectivity index (χ2n) is 5.04. The largest absolute Gasteiger partial charge is 0.395 e. The summed E-state index contributed by atoms with van der Waals surface area (Å²) >= 11 is 0. The smallest absolute Gasteiger partial charge is 0.0949 e. The van der Waals surface area contributed by atoms with Crippen LogP contribution in [0.3, 0.4) is 0 Å². The summed E-state index contributed by atoms with van der Waals surface area (Å²) < 4.78 is 7.57. The van der Waals surface area contributed by atoms with E-state index in [2.05, 4.69) is 14.9 Å². The molecule has 0 radical (unpaired) electrons. The fraction of sp³-hybridized carbons (Fsp3) is 0.750. The number of hydrogen-bond donors (Lipinski definition) is 2. The van der Waals surface area contributed by atoms with E-state index in [0.717, 1.165) is 31.7 Å². The topological polar surface area (TPSA) is 59.3 Å². The number of aliphatic hydroxyl groups is 1. The Morgan fingerprint density at radius 2 is 2.53 bits per heavy atom. The molecule has 0 spiro atoms. The highest BCUT2D eigenvalue weighted by molar-refractivity contribution is 5.23. The molecule has 1 aromatic rings. The third-order valence-corrected chi connectivity index (χ3v) is 3.87. The van der Waals surface area contributed by atoms with Gasteiger partial charge in [0, 0.05) is 32.0 Å². The molecule has 3 rings (SSSR count). The van der Waals surface area contributed by atoms with E-state index in [1.54, 1.807) is 0 Å². The summed E-state index contributed by atoms with van der Waals surface area (Å²) in [6, 6.07) is 0.397. The molecule has 2 N–H and O–H groups in total. The molecule has 1 fully saturated rings. The molecule has 0 aromatic carbocycles. The van der Waals surface area contributed by atoms with Gasteiger partial charge in [-0.15, -0.1) is 0 Å². The second kappa shape index (κ2) is 4.40. The quantitative estimate of drug-likeness (QED) is 0.760. The Labute approximate surface area is 101 Å². The van der Waals surface area contributed by atoms with Crippen LogP contribution in [0.15, 0.2) is 6.33 Å².